The van der Waals surface area contributed by atoms with Crippen LogP contribution in [0, 0.1) is 16.7 Å². The van der Waals surface area contributed by atoms with Crippen LogP contribution in [0.1, 0.15) is 44.0 Å². The molecule has 0 atom stereocenters. The smallest absolute Gasteiger partial charge is 0.251 e. The number of nitrogens with one attached hydrogen (secondary N) is 2. The lowest BCUT2D eigenvalue weighted by molar-refractivity contribution is 0.0956. The molecule has 0 saturated carbocycles. The number of carbonyl (C=O) groups is 1. The average molecular weight is 273 g/mol. The normalized spacial score (nSPS) is 10.7. The van der Waals surface area contributed by atoms with E-state index in [2.05, 4.69) is 30.6 Å². The van der Waals surface area contributed by atoms with E-state index >= 15 is 0 Å². The highest BCUT2D eigenvalue weighted by Crippen LogP contribution is 2.23. The molecule has 0 radical (unpaired) electrons. The van der Waals surface area contributed by atoms with Crippen LogP contribution in [-0.4, -0.2) is 19.0 Å². The number of carbonyl (C=O) groups excluding carboxylic acids is 1. The summed E-state index contributed by atoms with van der Waals surface area (Å²) in [5, 5.41) is 14.8. The second kappa shape index (κ2) is 7.54. The van der Waals surface area contributed by atoms with Gasteiger partial charge in [0.05, 0.1) is 6.07 Å². The SMILES string of the molecule is CCNC(=O)c1ccc(NCC(C)(C)CCC#N)cc1. The van der Waals surface area contributed by atoms with Crippen molar-refractivity contribution in [2.45, 2.75) is 33.6 Å². The van der Waals surface area contributed by atoms with Crippen LogP contribution in [0.15, 0.2) is 24.3 Å². The monoisotopic (exact) mass is 273 g/mol. The number of benzene rings is 1. The Balaban J connectivity index is 2.54. The van der Waals surface area contributed by atoms with E-state index in [4.69, 9.17) is 5.26 Å². The molecule has 0 aromatic heterocycles. The molecule has 0 bridgehead atoms. The van der Waals surface area contributed by atoms with Gasteiger partial charge in [-0.2, -0.15) is 5.26 Å². The van der Waals surface area contributed by atoms with Gasteiger partial charge in [-0.05, 0) is 43.0 Å². The molecule has 20 heavy (non-hydrogen) atoms. The molecule has 1 aromatic carbocycles. The van der Waals surface area contributed by atoms with Gasteiger partial charge in [-0.3, -0.25) is 4.79 Å². The van der Waals surface area contributed by atoms with Crippen molar-refractivity contribution < 1.29 is 4.79 Å². The second-order valence-corrected chi connectivity index (χ2v) is 5.61. The first kappa shape index (κ1) is 16.0. The van der Waals surface area contributed by atoms with E-state index in [1.165, 1.54) is 0 Å². The van der Waals surface area contributed by atoms with E-state index in [0.717, 1.165) is 18.7 Å². The van der Waals surface area contributed by atoms with E-state index in [1.54, 1.807) is 0 Å². The summed E-state index contributed by atoms with van der Waals surface area (Å²) in [6.07, 6.45) is 1.44. The zero-order valence-corrected chi connectivity index (χ0v) is 12.5. The summed E-state index contributed by atoms with van der Waals surface area (Å²) in [6.45, 7) is 7.61. The summed E-state index contributed by atoms with van der Waals surface area (Å²) in [5.74, 6) is -0.0478. The molecule has 0 saturated heterocycles. The molecule has 0 unspecified atom stereocenters. The fourth-order valence-corrected chi connectivity index (χ4v) is 1.83. The predicted molar refractivity (Wildman–Crippen MR) is 81.6 cm³/mol. The topological polar surface area (TPSA) is 64.9 Å². The van der Waals surface area contributed by atoms with Crippen LogP contribution in [0.25, 0.3) is 0 Å². The van der Waals surface area contributed by atoms with Crippen molar-refractivity contribution >= 4 is 11.6 Å². The lowest BCUT2D eigenvalue weighted by Gasteiger charge is -2.24. The molecule has 0 heterocycles. The number of nitrogens with zero attached hydrogens (tertiary/aromatic N) is 1. The largest absolute Gasteiger partial charge is 0.385 e. The first-order chi connectivity index (χ1) is 9.48. The van der Waals surface area contributed by atoms with E-state index < -0.39 is 0 Å². The molecule has 4 heteroatoms. The molecule has 2 N–H and O–H groups in total. The zero-order chi connectivity index (χ0) is 15.0. The van der Waals surface area contributed by atoms with Gasteiger partial charge in [0.25, 0.3) is 5.91 Å². The van der Waals surface area contributed by atoms with Crippen molar-refractivity contribution in [1.29, 1.82) is 5.26 Å². The highest BCUT2D eigenvalue weighted by atomic mass is 16.1. The number of amides is 1. The predicted octanol–water partition coefficient (Wildman–Crippen LogP) is 3.18. The average Bonchev–Trinajstić information content (AvgIpc) is 2.44. The van der Waals surface area contributed by atoms with Crippen LogP contribution in [-0.2, 0) is 0 Å². The van der Waals surface area contributed by atoms with Crippen molar-refractivity contribution in [3.05, 3.63) is 29.8 Å². The van der Waals surface area contributed by atoms with E-state index in [9.17, 15) is 4.79 Å². The first-order valence-electron chi connectivity index (χ1n) is 6.97. The van der Waals surface area contributed by atoms with Gasteiger partial charge < -0.3 is 10.6 Å². The fraction of sp³-hybridized carbons (Fsp3) is 0.500. The molecular weight excluding hydrogens is 250 g/mol. The van der Waals surface area contributed by atoms with Gasteiger partial charge in [0.2, 0.25) is 0 Å². The molecule has 0 spiro atoms. The minimum Gasteiger partial charge on any atom is -0.385 e. The molecular formula is C16H23N3O. The van der Waals surface area contributed by atoms with E-state index in [0.29, 0.717) is 18.5 Å². The summed E-state index contributed by atoms with van der Waals surface area (Å²) in [4.78, 5) is 11.6. The quantitative estimate of drug-likeness (QED) is 0.802. The van der Waals surface area contributed by atoms with Crippen molar-refractivity contribution in [3.63, 3.8) is 0 Å². The van der Waals surface area contributed by atoms with Crippen molar-refractivity contribution in [3.8, 4) is 6.07 Å². The summed E-state index contributed by atoms with van der Waals surface area (Å²) >= 11 is 0. The Hall–Kier alpha value is -2.02. The number of hydrogen-bond donors (Lipinski definition) is 2. The third kappa shape index (κ3) is 5.31. The van der Waals surface area contributed by atoms with Crippen LogP contribution in [0.5, 0.6) is 0 Å². The fourth-order valence-electron chi connectivity index (χ4n) is 1.83. The maximum absolute atomic E-state index is 11.6. The van der Waals surface area contributed by atoms with E-state index in [1.807, 2.05) is 31.2 Å². The molecule has 4 nitrogen and oxygen atoms in total. The van der Waals surface area contributed by atoms with Crippen molar-refractivity contribution in [2.75, 3.05) is 18.4 Å². The van der Waals surface area contributed by atoms with Crippen molar-refractivity contribution in [2.24, 2.45) is 5.41 Å². The molecule has 1 aromatic rings. The summed E-state index contributed by atoms with van der Waals surface area (Å²) in [6, 6.07) is 9.63. The summed E-state index contributed by atoms with van der Waals surface area (Å²) in [7, 11) is 0. The van der Waals surface area contributed by atoms with Crippen LogP contribution < -0.4 is 10.6 Å². The van der Waals surface area contributed by atoms with Crippen molar-refractivity contribution in [1.82, 2.24) is 5.32 Å². The third-order valence-corrected chi connectivity index (χ3v) is 3.17. The molecule has 0 aliphatic heterocycles. The number of anilines is 1. The van der Waals surface area contributed by atoms with Crippen LogP contribution in [0.2, 0.25) is 0 Å². The molecule has 0 aliphatic carbocycles. The highest BCUT2D eigenvalue weighted by molar-refractivity contribution is 5.94. The minimum absolute atomic E-state index is 0.0478. The van der Waals surface area contributed by atoms with Gasteiger partial charge in [0, 0.05) is 30.8 Å². The maximum Gasteiger partial charge on any atom is 0.251 e. The van der Waals surface area contributed by atoms with Gasteiger partial charge >= 0.3 is 0 Å². The minimum atomic E-state index is -0.0478. The number of hydrogen-bond acceptors (Lipinski definition) is 3. The van der Waals surface area contributed by atoms with Gasteiger partial charge in [0.1, 0.15) is 0 Å². The molecule has 1 rings (SSSR count). The van der Waals surface area contributed by atoms with Gasteiger partial charge in [-0.1, -0.05) is 13.8 Å². The molecule has 1 amide bonds. The third-order valence-electron chi connectivity index (χ3n) is 3.17. The highest BCUT2D eigenvalue weighted by Gasteiger charge is 2.17. The number of nitriles is 1. The second-order valence-electron chi connectivity index (χ2n) is 5.61. The van der Waals surface area contributed by atoms with Crippen LogP contribution in [0.4, 0.5) is 5.69 Å². The Morgan fingerprint density at radius 2 is 1.95 bits per heavy atom. The lowest BCUT2D eigenvalue weighted by Crippen LogP contribution is -2.23. The zero-order valence-electron chi connectivity index (χ0n) is 12.5. The summed E-state index contributed by atoms with van der Waals surface area (Å²) in [5.41, 5.74) is 1.73. The van der Waals surface area contributed by atoms with E-state index in [-0.39, 0.29) is 11.3 Å². The Morgan fingerprint density at radius 3 is 2.50 bits per heavy atom. The summed E-state index contributed by atoms with van der Waals surface area (Å²) < 4.78 is 0. The van der Waals surface area contributed by atoms with Gasteiger partial charge in [-0.15, -0.1) is 0 Å². The van der Waals surface area contributed by atoms with Crippen LogP contribution in [0.3, 0.4) is 0 Å². The Kier molecular flexibility index (Phi) is 6.05. The first-order valence-corrected chi connectivity index (χ1v) is 6.97. The molecule has 0 fully saturated rings. The maximum atomic E-state index is 11.6. The Labute approximate surface area is 121 Å². The Bertz CT molecular complexity index is 471. The lowest BCUT2D eigenvalue weighted by atomic mass is 9.88. The number of rotatable bonds is 7. The molecule has 0 aliphatic rings. The van der Waals surface area contributed by atoms with Crippen LogP contribution >= 0.6 is 0 Å². The van der Waals surface area contributed by atoms with Gasteiger partial charge in [0.15, 0.2) is 0 Å². The standard InChI is InChI=1S/C16H23N3O/c1-4-18-15(20)13-6-8-14(9-7-13)19-12-16(2,3)10-5-11-17/h6-9,19H,4-5,10,12H2,1-3H3,(H,18,20). The Morgan fingerprint density at radius 1 is 1.30 bits per heavy atom. The molecule has 108 valence electrons. The van der Waals surface area contributed by atoms with Gasteiger partial charge in [-0.25, -0.2) is 0 Å².